The van der Waals surface area contributed by atoms with Crippen molar-refractivity contribution in [1.29, 1.82) is 0 Å². The minimum absolute atomic E-state index is 0.282. The van der Waals surface area contributed by atoms with Gasteiger partial charge in [0, 0.05) is 16.9 Å². The van der Waals surface area contributed by atoms with Gasteiger partial charge in [-0.25, -0.2) is 4.39 Å². The second-order valence-electron chi connectivity index (χ2n) is 8.58. The number of benzene rings is 3. The highest BCUT2D eigenvalue weighted by Crippen LogP contribution is 2.39. The van der Waals surface area contributed by atoms with E-state index < -0.39 is 0 Å². The standard InChI is InChI=1S/C28H25FN4OS/c1-4-19-8-10-20(11-9-19)25-24(27-31-26(32-34-27)21-7-5-6-17(2)16-21)18(3)33(28(35)30-25)23-14-12-22(29)13-15-23/h5-16,25H,4H2,1-3H3,(H,30,35). The van der Waals surface area contributed by atoms with Crippen molar-refractivity contribution in [3.63, 3.8) is 0 Å². The van der Waals surface area contributed by atoms with E-state index in [2.05, 4.69) is 41.7 Å². The van der Waals surface area contributed by atoms with Crippen LogP contribution in [0.3, 0.4) is 0 Å². The van der Waals surface area contributed by atoms with Gasteiger partial charge in [-0.3, -0.25) is 4.90 Å². The molecule has 3 aromatic carbocycles. The van der Waals surface area contributed by atoms with Gasteiger partial charge >= 0.3 is 0 Å². The third-order valence-corrected chi connectivity index (χ3v) is 6.52. The quantitative estimate of drug-likeness (QED) is 0.322. The Morgan fingerprint density at radius 3 is 2.46 bits per heavy atom. The molecular weight excluding hydrogens is 459 g/mol. The van der Waals surface area contributed by atoms with Gasteiger partial charge in [-0.05, 0) is 73.9 Å². The zero-order valence-electron chi connectivity index (χ0n) is 19.7. The first-order chi connectivity index (χ1) is 16.9. The van der Waals surface area contributed by atoms with Crippen molar-refractivity contribution in [2.75, 3.05) is 4.90 Å². The van der Waals surface area contributed by atoms with Gasteiger partial charge in [0.1, 0.15) is 5.82 Å². The first-order valence-electron chi connectivity index (χ1n) is 11.5. The number of nitrogens with zero attached hydrogens (tertiary/aromatic N) is 3. The second-order valence-corrected chi connectivity index (χ2v) is 8.97. The molecule has 35 heavy (non-hydrogen) atoms. The molecule has 5 rings (SSSR count). The Bertz CT molecular complexity index is 1410. The minimum Gasteiger partial charge on any atom is -0.351 e. The summed E-state index contributed by atoms with van der Waals surface area (Å²) >= 11 is 5.76. The molecular formula is C28H25FN4OS. The van der Waals surface area contributed by atoms with Crippen molar-refractivity contribution >= 4 is 28.6 Å². The molecule has 1 atom stereocenters. The van der Waals surface area contributed by atoms with E-state index in [9.17, 15) is 4.39 Å². The molecule has 176 valence electrons. The summed E-state index contributed by atoms with van der Waals surface area (Å²) in [5, 5.41) is 8.24. The SMILES string of the molecule is CCc1ccc(C2NC(=S)N(c3ccc(F)cc3)C(C)=C2c2nc(-c3cccc(C)c3)no2)cc1. The maximum atomic E-state index is 13.6. The topological polar surface area (TPSA) is 54.2 Å². The molecule has 0 bridgehead atoms. The molecule has 1 unspecified atom stereocenters. The van der Waals surface area contributed by atoms with Crippen LogP contribution in [-0.2, 0) is 6.42 Å². The van der Waals surface area contributed by atoms with Gasteiger partial charge in [0.25, 0.3) is 5.89 Å². The van der Waals surface area contributed by atoms with Crippen LogP contribution < -0.4 is 10.2 Å². The lowest BCUT2D eigenvalue weighted by Crippen LogP contribution is -2.46. The van der Waals surface area contributed by atoms with E-state index in [1.54, 1.807) is 12.1 Å². The number of hydrogen-bond acceptors (Lipinski definition) is 4. The van der Waals surface area contributed by atoms with E-state index >= 15 is 0 Å². The molecule has 1 aliphatic rings. The van der Waals surface area contributed by atoms with Crippen molar-refractivity contribution in [3.8, 4) is 11.4 Å². The highest BCUT2D eigenvalue weighted by Gasteiger charge is 2.34. The van der Waals surface area contributed by atoms with E-state index in [4.69, 9.17) is 21.7 Å². The molecule has 1 aliphatic heterocycles. The van der Waals surface area contributed by atoms with Crippen LogP contribution in [0.25, 0.3) is 17.0 Å². The summed E-state index contributed by atoms with van der Waals surface area (Å²) in [7, 11) is 0. The maximum Gasteiger partial charge on any atom is 0.258 e. The van der Waals surface area contributed by atoms with Crippen LogP contribution in [0, 0.1) is 12.7 Å². The van der Waals surface area contributed by atoms with Gasteiger partial charge in [0.05, 0.1) is 11.6 Å². The summed E-state index contributed by atoms with van der Waals surface area (Å²) in [4.78, 5) is 6.64. The summed E-state index contributed by atoms with van der Waals surface area (Å²) in [6.45, 7) is 6.12. The Kier molecular flexibility index (Phi) is 6.17. The molecule has 0 saturated carbocycles. The molecule has 7 heteroatoms. The Hall–Kier alpha value is -3.84. The van der Waals surface area contributed by atoms with Crippen LogP contribution in [-0.4, -0.2) is 15.3 Å². The number of thiocarbonyl (C=S) groups is 1. The van der Waals surface area contributed by atoms with Crippen molar-refractivity contribution in [3.05, 3.63) is 107 Å². The lowest BCUT2D eigenvalue weighted by Gasteiger charge is -2.37. The zero-order valence-corrected chi connectivity index (χ0v) is 20.6. The number of allylic oxidation sites excluding steroid dienone is 1. The first kappa shape index (κ1) is 22.9. The van der Waals surface area contributed by atoms with Crippen molar-refractivity contribution < 1.29 is 8.91 Å². The molecule has 0 fully saturated rings. The molecule has 0 spiro atoms. The third kappa shape index (κ3) is 4.47. The molecule has 2 heterocycles. The lowest BCUT2D eigenvalue weighted by atomic mass is 9.93. The van der Waals surface area contributed by atoms with E-state index in [1.165, 1.54) is 17.7 Å². The molecule has 1 N–H and O–H groups in total. The van der Waals surface area contributed by atoms with E-state index in [-0.39, 0.29) is 11.9 Å². The first-order valence-corrected chi connectivity index (χ1v) is 11.9. The Morgan fingerprint density at radius 2 is 1.77 bits per heavy atom. The van der Waals surface area contributed by atoms with Crippen molar-refractivity contribution in [1.82, 2.24) is 15.5 Å². The Morgan fingerprint density at radius 1 is 1.03 bits per heavy atom. The lowest BCUT2D eigenvalue weighted by molar-refractivity contribution is 0.404. The predicted molar refractivity (Wildman–Crippen MR) is 140 cm³/mol. The molecule has 5 nitrogen and oxygen atoms in total. The fourth-order valence-corrected chi connectivity index (χ4v) is 4.71. The summed E-state index contributed by atoms with van der Waals surface area (Å²) in [5.41, 5.74) is 6.69. The molecule has 0 aliphatic carbocycles. The third-order valence-electron chi connectivity index (χ3n) is 6.22. The van der Waals surface area contributed by atoms with Gasteiger partial charge in [-0.2, -0.15) is 4.98 Å². The number of aryl methyl sites for hydroxylation is 2. The normalized spacial score (nSPS) is 15.9. The average Bonchev–Trinajstić information content (AvgIpc) is 3.35. The highest BCUT2D eigenvalue weighted by molar-refractivity contribution is 7.80. The van der Waals surface area contributed by atoms with Crippen LogP contribution in [0.5, 0.6) is 0 Å². The number of rotatable bonds is 5. The van der Waals surface area contributed by atoms with Crippen LogP contribution in [0.1, 0.15) is 42.5 Å². The monoisotopic (exact) mass is 484 g/mol. The Labute approximate surface area is 209 Å². The van der Waals surface area contributed by atoms with Gasteiger partial charge in [-0.15, -0.1) is 0 Å². The van der Waals surface area contributed by atoms with Gasteiger partial charge in [-0.1, -0.05) is 60.1 Å². The van der Waals surface area contributed by atoms with Gasteiger partial charge in [0.15, 0.2) is 5.11 Å². The fraction of sp³-hybridized carbons (Fsp3) is 0.179. The van der Waals surface area contributed by atoms with Crippen LogP contribution in [0.4, 0.5) is 10.1 Å². The highest BCUT2D eigenvalue weighted by atomic mass is 32.1. The number of anilines is 1. The van der Waals surface area contributed by atoms with Crippen LogP contribution in [0.15, 0.2) is 83.0 Å². The average molecular weight is 485 g/mol. The summed E-state index contributed by atoms with van der Waals surface area (Å²) in [6, 6.07) is 22.4. The number of halogens is 1. The number of nitrogens with one attached hydrogen (secondary N) is 1. The van der Waals surface area contributed by atoms with Gasteiger partial charge < -0.3 is 9.84 Å². The number of aromatic nitrogens is 2. The van der Waals surface area contributed by atoms with E-state index in [0.29, 0.717) is 16.8 Å². The maximum absolute atomic E-state index is 13.6. The Balaban J connectivity index is 1.64. The fourth-order valence-electron chi connectivity index (χ4n) is 4.35. The second kappa shape index (κ2) is 9.43. The van der Waals surface area contributed by atoms with Crippen LogP contribution in [0.2, 0.25) is 0 Å². The largest absolute Gasteiger partial charge is 0.351 e. The molecule has 0 radical (unpaired) electrons. The smallest absolute Gasteiger partial charge is 0.258 e. The van der Waals surface area contributed by atoms with Crippen LogP contribution >= 0.6 is 12.2 Å². The number of hydrogen-bond donors (Lipinski definition) is 1. The van der Waals surface area contributed by atoms with Crippen molar-refractivity contribution in [2.24, 2.45) is 0 Å². The molecule has 0 amide bonds. The minimum atomic E-state index is -0.305. The summed E-state index contributed by atoms with van der Waals surface area (Å²) in [6.07, 6.45) is 0.959. The summed E-state index contributed by atoms with van der Waals surface area (Å²) < 4.78 is 19.4. The van der Waals surface area contributed by atoms with Crippen molar-refractivity contribution in [2.45, 2.75) is 33.2 Å². The van der Waals surface area contributed by atoms with E-state index in [1.807, 2.05) is 43.0 Å². The van der Waals surface area contributed by atoms with E-state index in [0.717, 1.165) is 40.1 Å². The summed E-state index contributed by atoms with van der Waals surface area (Å²) in [5.74, 6) is 0.622. The molecule has 1 aromatic heterocycles. The zero-order chi connectivity index (χ0) is 24.5. The predicted octanol–water partition coefficient (Wildman–Crippen LogP) is 6.61. The molecule has 0 saturated heterocycles. The van der Waals surface area contributed by atoms with Gasteiger partial charge in [0.2, 0.25) is 5.82 Å². The molecule has 4 aromatic rings.